The van der Waals surface area contributed by atoms with Crippen LogP contribution in [0, 0.1) is 0 Å². The molecule has 118 valence electrons. The first-order valence-electron chi connectivity index (χ1n) is 7.25. The zero-order chi connectivity index (χ0) is 15.8. The van der Waals surface area contributed by atoms with Gasteiger partial charge in [0.1, 0.15) is 6.23 Å². The van der Waals surface area contributed by atoms with Crippen molar-refractivity contribution < 1.29 is 4.74 Å². The molecule has 1 unspecified atom stereocenters. The van der Waals surface area contributed by atoms with Gasteiger partial charge >= 0.3 is 0 Å². The lowest BCUT2D eigenvalue weighted by atomic mass is 10.3. The molecule has 1 saturated heterocycles. The Morgan fingerprint density at radius 2 is 2.17 bits per heavy atom. The van der Waals surface area contributed by atoms with Crippen LogP contribution in [0.4, 0.5) is 11.5 Å². The predicted octanol–water partition coefficient (Wildman–Crippen LogP) is 4.29. The molecule has 1 aromatic carbocycles. The van der Waals surface area contributed by atoms with E-state index in [2.05, 4.69) is 36.2 Å². The van der Waals surface area contributed by atoms with Gasteiger partial charge in [-0.3, -0.25) is 4.57 Å². The highest BCUT2D eigenvalue weighted by atomic mass is 79.9. The number of ether oxygens (including phenoxy) is 1. The van der Waals surface area contributed by atoms with Gasteiger partial charge in [0.2, 0.25) is 4.73 Å². The summed E-state index contributed by atoms with van der Waals surface area (Å²) >= 11 is 9.58. The van der Waals surface area contributed by atoms with E-state index in [1.54, 1.807) is 6.33 Å². The van der Waals surface area contributed by atoms with Crippen LogP contribution < -0.4 is 5.32 Å². The Labute approximate surface area is 146 Å². The zero-order valence-corrected chi connectivity index (χ0v) is 14.4. The van der Waals surface area contributed by atoms with E-state index in [0.29, 0.717) is 21.1 Å². The largest absolute Gasteiger partial charge is 0.358 e. The maximum atomic E-state index is 6.21. The normalized spacial score (nSPS) is 17.7. The number of para-hydroxylation sites is 1. The maximum Gasteiger partial charge on any atom is 0.200 e. The number of nitrogens with zero attached hydrogens (tertiary/aromatic N) is 4. The summed E-state index contributed by atoms with van der Waals surface area (Å²) in [5, 5.41) is 3.85. The first kappa shape index (κ1) is 14.9. The van der Waals surface area contributed by atoms with Gasteiger partial charge in [-0.25, -0.2) is 15.0 Å². The number of hydrogen-bond acceptors (Lipinski definition) is 5. The van der Waals surface area contributed by atoms with E-state index < -0.39 is 0 Å². The van der Waals surface area contributed by atoms with Crippen LogP contribution in [0.3, 0.4) is 0 Å². The minimum atomic E-state index is -0.0186. The Morgan fingerprint density at radius 3 is 2.96 bits per heavy atom. The lowest BCUT2D eigenvalue weighted by Crippen LogP contribution is -2.07. The fraction of sp³-hybridized carbons (Fsp3) is 0.267. The third-order valence-electron chi connectivity index (χ3n) is 3.74. The SMILES string of the molecule is Clc1ccccc1Nc1nc(Br)nc2c1ncn2C1CCCO1. The molecule has 0 bridgehead atoms. The molecule has 0 amide bonds. The molecule has 1 aliphatic heterocycles. The first-order chi connectivity index (χ1) is 11.2. The van der Waals surface area contributed by atoms with Gasteiger partial charge in [0.25, 0.3) is 0 Å². The topological polar surface area (TPSA) is 64.9 Å². The number of rotatable bonds is 3. The number of halogens is 2. The summed E-state index contributed by atoms with van der Waals surface area (Å²) in [7, 11) is 0. The minimum absolute atomic E-state index is 0.0186. The van der Waals surface area contributed by atoms with Gasteiger partial charge in [-0.05, 0) is 40.9 Å². The van der Waals surface area contributed by atoms with Crippen molar-refractivity contribution in [1.29, 1.82) is 0 Å². The van der Waals surface area contributed by atoms with Crippen molar-refractivity contribution in [3.8, 4) is 0 Å². The Hall–Kier alpha value is -1.70. The fourth-order valence-electron chi connectivity index (χ4n) is 2.66. The standard InChI is InChI=1S/C15H13BrClN5O/c16-15-20-13(19-10-5-2-1-4-9(10)17)12-14(21-15)22(8-18-12)11-6-3-7-23-11/h1-2,4-5,8,11H,3,6-7H2,(H,19,20,21). The van der Waals surface area contributed by atoms with Crippen LogP contribution in [0.2, 0.25) is 5.02 Å². The third kappa shape index (κ3) is 2.80. The zero-order valence-electron chi connectivity index (χ0n) is 12.0. The Morgan fingerprint density at radius 1 is 1.30 bits per heavy atom. The number of nitrogens with one attached hydrogen (secondary N) is 1. The van der Waals surface area contributed by atoms with Gasteiger partial charge in [0.05, 0.1) is 17.0 Å². The highest BCUT2D eigenvalue weighted by molar-refractivity contribution is 9.10. The summed E-state index contributed by atoms with van der Waals surface area (Å²) < 4.78 is 8.16. The summed E-state index contributed by atoms with van der Waals surface area (Å²) in [5.41, 5.74) is 2.18. The van der Waals surface area contributed by atoms with Gasteiger partial charge in [0.15, 0.2) is 17.0 Å². The van der Waals surface area contributed by atoms with Crippen LogP contribution in [0.15, 0.2) is 35.3 Å². The van der Waals surface area contributed by atoms with Crippen molar-refractivity contribution in [2.45, 2.75) is 19.1 Å². The molecule has 0 radical (unpaired) electrons. The van der Waals surface area contributed by atoms with Gasteiger partial charge < -0.3 is 10.1 Å². The van der Waals surface area contributed by atoms with E-state index in [4.69, 9.17) is 16.3 Å². The quantitative estimate of drug-likeness (QED) is 0.671. The highest BCUT2D eigenvalue weighted by Crippen LogP contribution is 2.31. The Kier molecular flexibility index (Phi) is 3.92. The average Bonchev–Trinajstić information content (AvgIpc) is 3.18. The van der Waals surface area contributed by atoms with Crippen molar-refractivity contribution in [1.82, 2.24) is 19.5 Å². The first-order valence-corrected chi connectivity index (χ1v) is 8.43. The van der Waals surface area contributed by atoms with Crippen molar-refractivity contribution in [2.24, 2.45) is 0 Å². The predicted molar refractivity (Wildman–Crippen MR) is 92.0 cm³/mol. The number of imidazole rings is 1. The van der Waals surface area contributed by atoms with Crippen LogP contribution in [0.5, 0.6) is 0 Å². The van der Waals surface area contributed by atoms with Gasteiger partial charge in [0, 0.05) is 6.61 Å². The van der Waals surface area contributed by atoms with Gasteiger partial charge in [-0.15, -0.1) is 0 Å². The number of benzene rings is 1. The van der Waals surface area contributed by atoms with E-state index in [9.17, 15) is 0 Å². The summed E-state index contributed by atoms with van der Waals surface area (Å²) in [5.74, 6) is 0.603. The molecule has 0 spiro atoms. The van der Waals surface area contributed by atoms with Crippen molar-refractivity contribution in [2.75, 3.05) is 11.9 Å². The Bertz CT molecular complexity index is 862. The number of fused-ring (bicyclic) bond motifs is 1. The molecule has 1 aliphatic rings. The molecular weight excluding hydrogens is 382 g/mol. The van der Waals surface area contributed by atoms with E-state index in [-0.39, 0.29) is 6.23 Å². The van der Waals surface area contributed by atoms with E-state index in [1.165, 1.54) is 0 Å². The molecule has 3 aromatic rings. The molecule has 1 N–H and O–H groups in total. The van der Waals surface area contributed by atoms with Crippen molar-refractivity contribution >= 4 is 50.2 Å². The number of hydrogen-bond donors (Lipinski definition) is 1. The molecule has 8 heteroatoms. The fourth-order valence-corrected chi connectivity index (χ4v) is 3.19. The molecule has 6 nitrogen and oxygen atoms in total. The molecule has 4 rings (SSSR count). The van der Waals surface area contributed by atoms with Gasteiger partial charge in [-0.1, -0.05) is 23.7 Å². The van der Waals surface area contributed by atoms with Crippen LogP contribution in [0.25, 0.3) is 11.2 Å². The molecule has 1 atom stereocenters. The second-order valence-electron chi connectivity index (χ2n) is 5.24. The lowest BCUT2D eigenvalue weighted by Gasteiger charge is -2.12. The number of aromatic nitrogens is 4. The maximum absolute atomic E-state index is 6.21. The monoisotopic (exact) mass is 393 g/mol. The lowest BCUT2D eigenvalue weighted by molar-refractivity contribution is 0.0592. The average molecular weight is 395 g/mol. The molecule has 2 aromatic heterocycles. The smallest absolute Gasteiger partial charge is 0.200 e. The second kappa shape index (κ2) is 6.07. The van der Waals surface area contributed by atoms with Crippen LogP contribution in [0.1, 0.15) is 19.1 Å². The van der Waals surface area contributed by atoms with E-state index >= 15 is 0 Å². The molecule has 3 heterocycles. The molecule has 1 fully saturated rings. The summed E-state index contributed by atoms with van der Waals surface area (Å²) in [6.45, 7) is 0.765. The van der Waals surface area contributed by atoms with Crippen molar-refractivity contribution in [3.05, 3.63) is 40.3 Å². The van der Waals surface area contributed by atoms with E-state index in [0.717, 1.165) is 30.8 Å². The third-order valence-corrected chi connectivity index (χ3v) is 4.42. The van der Waals surface area contributed by atoms with Crippen LogP contribution in [-0.2, 0) is 4.74 Å². The highest BCUT2D eigenvalue weighted by Gasteiger charge is 2.22. The van der Waals surface area contributed by atoms with E-state index in [1.807, 2.05) is 28.8 Å². The summed E-state index contributed by atoms with van der Waals surface area (Å²) in [4.78, 5) is 13.3. The molecule has 23 heavy (non-hydrogen) atoms. The molecular formula is C15H13BrClN5O. The Balaban J connectivity index is 1.79. The molecule has 0 aliphatic carbocycles. The van der Waals surface area contributed by atoms with Gasteiger partial charge in [-0.2, -0.15) is 0 Å². The molecule has 0 saturated carbocycles. The summed E-state index contributed by atoms with van der Waals surface area (Å²) in [6, 6.07) is 7.50. The summed E-state index contributed by atoms with van der Waals surface area (Å²) in [6.07, 6.45) is 3.73. The minimum Gasteiger partial charge on any atom is -0.358 e. The van der Waals surface area contributed by atoms with Crippen LogP contribution in [-0.4, -0.2) is 26.1 Å². The number of anilines is 2. The van der Waals surface area contributed by atoms with Crippen LogP contribution >= 0.6 is 27.5 Å². The second-order valence-corrected chi connectivity index (χ2v) is 6.35. The van der Waals surface area contributed by atoms with Crippen molar-refractivity contribution in [3.63, 3.8) is 0 Å².